The Bertz CT molecular complexity index is 505. The fourth-order valence-corrected chi connectivity index (χ4v) is 1.88. The molecular weight excluding hydrogens is 234 g/mol. The Hall–Kier alpha value is -1.32. The van der Waals surface area contributed by atoms with Crippen LogP contribution in [0.4, 0.5) is 0 Å². The standard InChI is InChI=1S/C13H16ClN3/c1-3-15-9-11-4-5-12(8-13(11)14)17-7-6-10(2)16-17/h4-8,15H,3,9H2,1-2H3. The zero-order valence-corrected chi connectivity index (χ0v) is 10.8. The monoisotopic (exact) mass is 249 g/mol. The summed E-state index contributed by atoms with van der Waals surface area (Å²) in [4.78, 5) is 0. The molecule has 1 aromatic carbocycles. The van der Waals surface area contributed by atoms with E-state index in [1.165, 1.54) is 0 Å². The molecule has 1 aromatic heterocycles. The number of hydrogen-bond acceptors (Lipinski definition) is 2. The summed E-state index contributed by atoms with van der Waals surface area (Å²) < 4.78 is 1.83. The second-order valence-electron chi connectivity index (χ2n) is 3.96. The summed E-state index contributed by atoms with van der Waals surface area (Å²) in [5.41, 5.74) is 3.10. The van der Waals surface area contributed by atoms with E-state index in [-0.39, 0.29) is 0 Å². The van der Waals surface area contributed by atoms with Gasteiger partial charge in [0, 0.05) is 17.8 Å². The molecule has 1 heterocycles. The molecule has 1 N–H and O–H groups in total. The third kappa shape index (κ3) is 2.87. The molecule has 0 saturated carbocycles. The Morgan fingerprint density at radius 1 is 1.35 bits per heavy atom. The summed E-state index contributed by atoms with van der Waals surface area (Å²) in [5, 5.41) is 8.39. The van der Waals surface area contributed by atoms with Crippen LogP contribution in [0.25, 0.3) is 5.69 Å². The number of nitrogens with zero attached hydrogens (tertiary/aromatic N) is 2. The van der Waals surface area contributed by atoms with E-state index in [0.717, 1.165) is 35.1 Å². The van der Waals surface area contributed by atoms with Crippen molar-refractivity contribution in [2.45, 2.75) is 20.4 Å². The summed E-state index contributed by atoms with van der Waals surface area (Å²) in [6, 6.07) is 7.99. The van der Waals surface area contributed by atoms with E-state index in [0.29, 0.717) is 0 Å². The van der Waals surface area contributed by atoms with Crippen molar-refractivity contribution < 1.29 is 0 Å². The minimum atomic E-state index is 0.775. The van der Waals surface area contributed by atoms with Crippen molar-refractivity contribution in [3.63, 3.8) is 0 Å². The van der Waals surface area contributed by atoms with Gasteiger partial charge in [0.15, 0.2) is 0 Å². The molecule has 0 unspecified atom stereocenters. The number of aromatic nitrogens is 2. The van der Waals surface area contributed by atoms with Gasteiger partial charge < -0.3 is 5.32 Å². The number of benzene rings is 1. The highest BCUT2D eigenvalue weighted by Gasteiger charge is 2.03. The molecule has 90 valence electrons. The third-order valence-electron chi connectivity index (χ3n) is 2.59. The van der Waals surface area contributed by atoms with Gasteiger partial charge in [-0.25, -0.2) is 4.68 Å². The molecule has 0 bridgehead atoms. The van der Waals surface area contributed by atoms with Crippen molar-refractivity contribution in [3.05, 3.63) is 46.7 Å². The topological polar surface area (TPSA) is 29.9 Å². The molecule has 2 aromatic rings. The van der Waals surface area contributed by atoms with E-state index in [4.69, 9.17) is 11.6 Å². The molecule has 0 aliphatic heterocycles. The Morgan fingerprint density at radius 2 is 2.18 bits per heavy atom. The zero-order chi connectivity index (χ0) is 12.3. The van der Waals surface area contributed by atoms with Gasteiger partial charge in [0.1, 0.15) is 0 Å². The first kappa shape index (κ1) is 12.1. The molecule has 0 fully saturated rings. The Kier molecular flexibility index (Phi) is 3.82. The molecule has 4 heteroatoms. The lowest BCUT2D eigenvalue weighted by Crippen LogP contribution is -2.12. The Morgan fingerprint density at radius 3 is 2.76 bits per heavy atom. The lowest BCUT2D eigenvalue weighted by atomic mass is 10.2. The van der Waals surface area contributed by atoms with E-state index < -0.39 is 0 Å². The van der Waals surface area contributed by atoms with Gasteiger partial charge in [0.25, 0.3) is 0 Å². The van der Waals surface area contributed by atoms with Crippen LogP contribution in [-0.2, 0) is 6.54 Å². The summed E-state index contributed by atoms with van der Waals surface area (Å²) in [6.07, 6.45) is 1.94. The van der Waals surface area contributed by atoms with Crippen LogP contribution in [0.15, 0.2) is 30.5 Å². The lowest BCUT2D eigenvalue weighted by Gasteiger charge is -2.07. The van der Waals surface area contributed by atoms with Crippen molar-refractivity contribution >= 4 is 11.6 Å². The second kappa shape index (κ2) is 5.34. The average Bonchev–Trinajstić information content (AvgIpc) is 2.74. The Balaban J connectivity index is 2.24. The quantitative estimate of drug-likeness (QED) is 0.903. The van der Waals surface area contributed by atoms with E-state index in [1.807, 2.05) is 42.1 Å². The van der Waals surface area contributed by atoms with Crippen molar-refractivity contribution in [1.29, 1.82) is 0 Å². The third-order valence-corrected chi connectivity index (χ3v) is 2.94. The van der Waals surface area contributed by atoms with Gasteiger partial charge in [0.05, 0.1) is 11.4 Å². The van der Waals surface area contributed by atoms with Crippen LogP contribution in [-0.4, -0.2) is 16.3 Å². The molecule has 0 amide bonds. The molecule has 0 saturated heterocycles. The molecule has 0 radical (unpaired) electrons. The molecule has 3 nitrogen and oxygen atoms in total. The summed E-state index contributed by atoms with van der Waals surface area (Å²) in [7, 11) is 0. The summed E-state index contributed by atoms with van der Waals surface area (Å²) in [6.45, 7) is 5.79. The van der Waals surface area contributed by atoms with Crippen molar-refractivity contribution in [2.24, 2.45) is 0 Å². The van der Waals surface area contributed by atoms with Crippen LogP contribution in [0.3, 0.4) is 0 Å². The van der Waals surface area contributed by atoms with E-state index in [1.54, 1.807) is 0 Å². The van der Waals surface area contributed by atoms with Gasteiger partial charge in [-0.2, -0.15) is 5.10 Å². The zero-order valence-electron chi connectivity index (χ0n) is 10.1. The SMILES string of the molecule is CCNCc1ccc(-n2ccc(C)n2)cc1Cl. The highest BCUT2D eigenvalue weighted by Crippen LogP contribution is 2.20. The molecule has 0 spiro atoms. The first-order valence-corrected chi connectivity index (χ1v) is 6.10. The highest BCUT2D eigenvalue weighted by molar-refractivity contribution is 6.31. The van der Waals surface area contributed by atoms with Gasteiger partial charge in [-0.3, -0.25) is 0 Å². The van der Waals surface area contributed by atoms with Gasteiger partial charge in [-0.1, -0.05) is 24.6 Å². The number of hydrogen-bond donors (Lipinski definition) is 1. The Labute approximate surface area is 106 Å². The minimum absolute atomic E-state index is 0.775. The molecular formula is C13H16ClN3. The van der Waals surface area contributed by atoms with E-state index in [9.17, 15) is 0 Å². The van der Waals surface area contributed by atoms with E-state index >= 15 is 0 Å². The average molecular weight is 250 g/mol. The second-order valence-corrected chi connectivity index (χ2v) is 4.36. The van der Waals surface area contributed by atoms with Crippen molar-refractivity contribution in [3.8, 4) is 5.69 Å². The van der Waals surface area contributed by atoms with Crippen LogP contribution in [0.2, 0.25) is 5.02 Å². The number of halogens is 1. The van der Waals surface area contributed by atoms with Gasteiger partial charge >= 0.3 is 0 Å². The fourth-order valence-electron chi connectivity index (χ4n) is 1.64. The molecule has 2 rings (SSSR count). The van der Waals surface area contributed by atoms with Crippen LogP contribution in [0.1, 0.15) is 18.2 Å². The number of aryl methyl sites for hydroxylation is 1. The largest absolute Gasteiger partial charge is 0.313 e. The molecule has 0 atom stereocenters. The van der Waals surface area contributed by atoms with E-state index in [2.05, 4.69) is 17.3 Å². The first-order valence-electron chi connectivity index (χ1n) is 5.72. The predicted octanol–water partition coefficient (Wildman–Crippen LogP) is 2.94. The number of nitrogens with one attached hydrogen (secondary N) is 1. The van der Waals surface area contributed by atoms with Crippen LogP contribution in [0, 0.1) is 6.92 Å². The van der Waals surface area contributed by atoms with Crippen LogP contribution < -0.4 is 5.32 Å². The van der Waals surface area contributed by atoms with Gasteiger partial charge in [-0.05, 0) is 37.2 Å². The minimum Gasteiger partial charge on any atom is -0.313 e. The molecule has 17 heavy (non-hydrogen) atoms. The maximum Gasteiger partial charge on any atom is 0.0660 e. The molecule has 0 aliphatic carbocycles. The highest BCUT2D eigenvalue weighted by atomic mass is 35.5. The van der Waals surface area contributed by atoms with Crippen molar-refractivity contribution in [1.82, 2.24) is 15.1 Å². The predicted molar refractivity (Wildman–Crippen MR) is 70.7 cm³/mol. The maximum atomic E-state index is 6.24. The van der Waals surface area contributed by atoms with Gasteiger partial charge in [0.2, 0.25) is 0 Å². The lowest BCUT2D eigenvalue weighted by molar-refractivity contribution is 0.726. The molecule has 0 aliphatic rings. The fraction of sp³-hybridized carbons (Fsp3) is 0.308. The maximum absolute atomic E-state index is 6.24. The van der Waals surface area contributed by atoms with Crippen LogP contribution in [0.5, 0.6) is 0 Å². The van der Waals surface area contributed by atoms with Crippen LogP contribution >= 0.6 is 11.6 Å². The van der Waals surface area contributed by atoms with Crippen molar-refractivity contribution in [2.75, 3.05) is 6.54 Å². The smallest absolute Gasteiger partial charge is 0.0660 e. The summed E-state index contributed by atoms with van der Waals surface area (Å²) >= 11 is 6.24. The number of rotatable bonds is 4. The van der Waals surface area contributed by atoms with Gasteiger partial charge in [-0.15, -0.1) is 0 Å². The summed E-state index contributed by atoms with van der Waals surface area (Å²) in [5.74, 6) is 0. The normalized spacial score (nSPS) is 10.8. The first-order chi connectivity index (χ1) is 8.20.